The van der Waals surface area contributed by atoms with E-state index in [9.17, 15) is 14.4 Å². The first-order chi connectivity index (χ1) is 14.7. The molecule has 0 bridgehead atoms. The van der Waals surface area contributed by atoms with Crippen LogP contribution in [0.1, 0.15) is 74.7 Å². The van der Waals surface area contributed by atoms with Gasteiger partial charge < -0.3 is 19.1 Å². The van der Waals surface area contributed by atoms with Crippen molar-refractivity contribution in [2.24, 2.45) is 0 Å². The molecule has 0 radical (unpaired) electrons. The molecular weight excluding hydrogens is 420 g/mol. The molecule has 0 aromatic heterocycles. The summed E-state index contributed by atoms with van der Waals surface area (Å²) >= 11 is 0. The van der Waals surface area contributed by atoms with Crippen LogP contribution in [0.4, 0.5) is 9.59 Å². The van der Waals surface area contributed by atoms with Crippen molar-refractivity contribution in [2.45, 2.75) is 97.9 Å². The third-order valence-electron chi connectivity index (χ3n) is 4.23. The third kappa shape index (κ3) is 11.1. The minimum absolute atomic E-state index is 0.00735. The standard InChI is InChI=1S/C21H38N2O6.CO2/c1-9-11-15-13-22(18(25)28-20(3,4)5)14-16(12-17(24)27-10-2)23(15)19(26)29-21(6,7)8;2-1-3/h15-16H,9-14H2,1-8H3;/t15-,16+;/m1./s1. The Labute approximate surface area is 190 Å². The van der Waals surface area contributed by atoms with Gasteiger partial charge in [-0.2, -0.15) is 9.59 Å². The number of carbonyl (C=O) groups excluding carboxylic acids is 5. The molecule has 0 aliphatic carbocycles. The Hall–Kier alpha value is -2.61. The second kappa shape index (κ2) is 13.1. The summed E-state index contributed by atoms with van der Waals surface area (Å²) in [7, 11) is 0. The monoisotopic (exact) mass is 458 g/mol. The van der Waals surface area contributed by atoms with Crippen LogP contribution in [0.15, 0.2) is 0 Å². The highest BCUT2D eigenvalue weighted by Gasteiger charge is 2.42. The van der Waals surface area contributed by atoms with Crippen LogP contribution < -0.4 is 0 Å². The van der Waals surface area contributed by atoms with E-state index in [-0.39, 0.29) is 31.8 Å². The fraction of sp³-hybridized carbons (Fsp3) is 0.818. The lowest BCUT2D eigenvalue weighted by atomic mass is 10.0. The van der Waals surface area contributed by atoms with E-state index in [0.717, 1.165) is 6.42 Å². The predicted molar refractivity (Wildman–Crippen MR) is 115 cm³/mol. The van der Waals surface area contributed by atoms with Crippen LogP contribution >= 0.6 is 0 Å². The Bertz CT molecular complexity index is 660. The van der Waals surface area contributed by atoms with Gasteiger partial charge in [-0.05, 0) is 54.9 Å². The first-order valence-corrected chi connectivity index (χ1v) is 10.8. The van der Waals surface area contributed by atoms with E-state index in [2.05, 4.69) is 0 Å². The summed E-state index contributed by atoms with van der Waals surface area (Å²) in [6.07, 6.45) is 0.813. The Balaban J connectivity index is 0.00000302. The highest BCUT2D eigenvalue weighted by atomic mass is 16.6. The molecule has 1 aliphatic rings. The van der Waals surface area contributed by atoms with Gasteiger partial charge in [0.2, 0.25) is 0 Å². The molecule has 1 aliphatic heterocycles. The van der Waals surface area contributed by atoms with Crippen molar-refractivity contribution in [3.63, 3.8) is 0 Å². The van der Waals surface area contributed by atoms with Gasteiger partial charge in [-0.3, -0.25) is 9.69 Å². The molecule has 2 amide bonds. The van der Waals surface area contributed by atoms with Crippen LogP contribution in [0.25, 0.3) is 0 Å². The van der Waals surface area contributed by atoms with Gasteiger partial charge in [-0.15, -0.1) is 0 Å². The average Bonchev–Trinajstić information content (AvgIpc) is 2.59. The smallest absolute Gasteiger partial charge is 0.410 e. The van der Waals surface area contributed by atoms with Gasteiger partial charge in [0.15, 0.2) is 0 Å². The molecule has 1 heterocycles. The Morgan fingerprint density at radius 2 is 1.34 bits per heavy atom. The van der Waals surface area contributed by atoms with Crippen LogP contribution in [0.3, 0.4) is 0 Å². The van der Waals surface area contributed by atoms with Crippen molar-refractivity contribution < 1.29 is 38.2 Å². The SMILES string of the molecule is CCC[C@@H]1CN(C(=O)OC(C)(C)C)C[C@H](CC(=O)OCC)N1C(=O)OC(C)(C)C.O=C=O. The largest absolute Gasteiger partial charge is 0.466 e. The van der Waals surface area contributed by atoms with Gasteiger partial charge >= 0.3 is 24.3 Å². The molecule has 0 saturated carbocycles. The Morgan fingerprint density at radius 3 is 1.78 bits per heavy atom. The zero-order valence-corrected chi connectivity index (χ0v) is 20.6. The van der Waals surface area contributed by atoms with Crippen molar-refractivity contribution in [3.05, 3.63) is 0 Å². The molecule has 32 heavy (non-hydrogen) atoms. The molecule has 1 saturated heterocycles. The van der Waals surface area contributed by atoms with E-state index in [1.54, 1.807) is 37.5 Å². The normalized spacial score (nSPS) is 18.6. The maximum absolute atomic E-state index is 13.0. The number of carbonyl (C=O) groups is 3. The third-order valence-corrected chi connectivity index (χ3v) is 4.23. The minimum atomic E-state index is -0.662. The lowest BCUT2D eigenvalue weighted by Crippen LogP contribution is -2.63. The number of nitrogens with zero attached hydrogens (tertiary/aromatic N) is 2. The topological polar surface area (TPSA) is 120 Å². The van der Waals surface area contributed by atoms with E-state index in [1.165, 1.54) is 0 Å². The Kier molecular flexibility index (Phi) is 12.0. The molecule has 2 atom stereocenters. The van der Waals surface area contributed by atoms with Crippen LogP contribution in [-0.4, -0.2) is 77.1 Å². The number of esters is 1. The van der Waals surface area contributed by atoms with Gasteiger partial charge in [0.05, 0.1) is 25.1 Å². The first-order valence-electron chi connectivity index (χ1n) is 10.8. The zero-order valence-electron chi connectivity index (χ0n) is 20.6. The summed E-state index contributed by atoms with van der Waals surface area (Å²) in [4.78, 5) is 57.3. The Morgan fingerprint density at radius 1 is 0.875 bits per heavy atom. The molecule has 0 aromatic rings. The zero-order chi connectivity index (χ0) is 25.1. The molecule has 10 heteroatoms. The maximum Gasteiger partial charge on any atom is 0.410 e. The fourth-order valence-corrected chi connectivity index (χ4v) is 3.28. The van der Waals surface area contributed by atoms with Crippen LogP contribution in [0, 0.1) is 0 Å². The van der Waals surface area contributed by atoms with E-state index in [1.807, 2.05) is 27.7 Å². The summed E-state index contributed by atoms with van der Waals surface area (Å²) in [5.74, 6) is -0.410. The molecule has 0 aromatic carbocycles. The van der Waals surface area contributed by atoms with Crippen molar-refractivity contribution in [1.82, 2.24) is 9.80 Å². The molecule has 184 valence electrons. The van der Waals surface area contributed by atoms with E-state index in [4.69, 9.17) is 23.8 Å². The number of piperazine rings is 1. The van der Waals surface area contributed by atoms with Crippen LogP contribution in [0.5, 0.6) is 0 Å². The molecule has 10 nitrogen and oxygen atoms in total. The summed E-state index contributed by atoms with van der Waals surface area (Å²) in [5.41, 5.74) is -1.29. The summed E-state index contributed by atoms with van der Waals surface area (Å²) in [5, 5.41) is 0. The lowest BCUT2D eigenvalue weighted by Gasteiger charge is -2.46. The van der Waals surface area contributed by atoms with Crippen LogP contribution in [-0.2, 0) is 28.6 Å². The number of amides is 2. The van der Waals surface area contributed by atoms with Gasteiger partial charge in [-0.25, -0.2) is 9.59 Å². The van der Waals surface area contributed by atoms with Gasteiger partial charge in [0.25, 0.3) is 0 Å². The van der Waals surface area contributed by atoms with Crippen molar-refractivity contribution in [2.75, 3.05) is 19.7 Å². The average molecular weight is 459 g/mol. The molecular formula is C22H38N2O8. The molecule has 0 spiro atoms. The molecule has 0 N–H and O–H groups in total. The first kappa shape index (κ1) is 29.4. The molecule has 1 fully saturated rings. The molecule has 0 unspecified atom stereocenters. The minimum Gasteiger partial charge on any atom is -0.466 e. The fourth-order valence-electron chi connectivity index (χ4n) is 3.28. The lowest BCUT2D eigenvalue weighted by molar-refractivity contribution is -0.191. The number of hydrogen-bond donors (Lipinski definition) is 0. The van der Waals surface area contributed by atoms with Crippen LogP contribution in [0.2, 0.25) is 0 Å². The van der Waals surface area contributed by atoms with Crippen molar-refractivity contribution in [1.29, 1.82) is 0 Å². The van der Waals surface area contributed by atoms with Gasteiger partial charge in [0.1, 0.15) is 11.2 Å². The molecule has 1 rings (SSSR count). The summed E-state index contributed by atoms with van der Waals surface area (Å²) < 4.78 is 16.2. The number of rotatable bonds is 5. The van der Waals surface area contributed by atoms with Gasteiger partial charge in [0, 0.05) is 13.1 Å². The maximum atomic E-state index is 13.0. The second-order valence-corrected chi connectivity index (χ2v) is 9.46. The van der Waals surface area contributed by atoms with E-state index >= 15 is 0 Å². The van der Waals surface area contributed by atoms with Crippen molar-refractivity contribution >= 4 is 24.3 Å². The summed E-state index contributed by atoms with van der Waals surface area (Å²) in [6, 6.07) is -0.808. The van der Waals surface area contributed by atoms with E-state index < -0.39 is 35.4 Å². The van der Waals surface area contributed by atoms with Gasteiger partial charge in [-0.1, -0.05) is 13.3 Å². The number of hydrogen-bond acceptors (Lipinski definition) is 8. The van der Waals surface area contributed by atoms with Crippen molar-refractivity contribution in [3.8, 4) is 0 Å². The highest BCUT2D eigenvalue weighted by molar-refractivity contribution is 5.75. The summed E-state index contributed by atoms with van der Waals surface area (Å²) in [6.45, 7) is 15.4. The highest BCUT2D eigenvalue weighted by Crippen LogP contribution is 2.26. The van der Waals surface area contributed by atoms with E-state index in [0.29, 0.717) is 13.0 Å². The quantitative estimate of drug-likeness (QED) is 0.454. The second-order valence-electron chi connectivity index (χ2n) is 9.46. The predicted octanol–water partition coefficient (Wildman–Crippen LogP) is 3.38. The number of ether oxygens (including phenoxy) is 3.